The minimum Gasteiger partial charge on any atom is -0.492 e. The summed E-state index contributed by atoms with van der Waals surface area (Å²) in [5.74, 6) is 0.169. The average molecular weight is 533 g/mol. The molecule has 1 atom stereocenters. The van der Waals surface area contributed by atoms with Crippen molar-refractivity contribution in [1.82, 2.24) is 15.0 Å². The number of nitrogens with zero attached hydrogens (tertiary/aromatic N) is 2. The molecule has 0 spiro atoms. The summed E-state index contributed by atoms with van der Waals surface area (Å²) in [6.07, 6.45) is 7.58. The number of rotatable bonds is 7. The number of carbonyl (C=O) groups excluding carboxylic acids is 1. The minimum absolute atomic E-state index is 0.172. The highest BCUT2D eigenvalue weighted by molar-refractivity contribution is 6.35. The van der Waals surface area contributed by atoms with E-state index in [1.54, 1.807) is 30.6 Å². The van der Waals surface area contributed by atoms with Gasteiger partial charge in [-0.2, -0.15) is 0 Å². The maximum absolute atomic E-state index is 13.4. The van der Waals surface area contributed by atoms with Crippen LogP contribution < -0.4 is 20.9 Å². The van der Waals surface area contributed by atoms with Gasteiger partial charge in [0.05, 0.1) is 40.9 Å². The number of fused-ring (bicyclic) bond motifs is 1. The lowest BCUT2D eigenvalue weighted by Crippen LogP contribution is -2.91. The molecule has 0 aliphatic carbocycles. The van der Waals surface area contributed by atoms with Gasteiger partial charge in [0, 0.05) is 24.2 Å². The van der Waals surface area contributed by atoms with Gasteiger partial charge in [0.15, 0.2) is 0 Å². The molecule has 196 valence electrons. The van der Waals surface area contributed by atoms with Crippen LogP contribution in [0, 0.1) is 13.8 Å². The zero-order chi connectivity index (χ0) is 26.6. The lowest BCUT2D eigenvalue weighted by Gasteiger charge is -2.21. The number of H-pyrrole nitrogens is 1. The Morgan fingerprint density at radius 2 is 1.89 bits per heavy atom. The van der Waals surface area contributed by atoms with Crippen LogP contribution in [0.2, 0.25) is 5.02 Å². The van der Waals surface area contributed by atoms with Crippen molar-refractivity contribution in [2.45, 2.75) is 45.6 Å². The van der Waals surface area contributed by atoms with Crippen LogP contribution in [-0.4, -0.2) is 40.1 Å². The summed E-state index contributed by atoms with van der Waals surface area (Å²) in [5, 5.41) is 5.86. The van der Waals surface area contributed by atoms with E-state index in [0.29, 0.717) is 34.9 Å². The maximum Gasteiger partial charge on any atom is 0.260 e. The number of nitrogens with one attached hydrogen (secondary N) is 2. The van der Waals surface area contributed by atoms with Gasteiger partial charge in [-0.15, -0.1) is 0 Å². The summed E-state index contributed by atoms with van der Waals surface area (Å²) in [6, 6.07) is 11.4. The number of ether oxygens (including phenoxy) is 1. The molecule has 4 aromatic rings. The third-order valence-electron chi connectivity index (χ3n) is 6.86. The zero-order valence-corrected chi connectivity index (χ0v) is 22.3. The van der Waals surface area contributed by atoms with Crippen LogP contribution >= 0.6 is 11.6 Å². The third-order valence-corrected chi connectivity index (χ3v) is 7.18. The SMILES string of the molecule is Cc1cc(C)cc(-c2c(OCCC3CCCC[NH2+]3)c3cc(C(=O)Nc4ncccn4)c(Cl)cc3[nH]c2=O)c1. The molecule has 0 radical (unpaired) electrons. The van der Waals surface area contributed by atoms with E-state index in [1.807, 2.05) is 26.0 Å². The normalized spacial score (nSPS) is 15.4. The largest absolute Gasteiger partial charge is 0.492 e. The van der Waals surface area contributed by atoms with E-state index in [0.717, 1.165) is 36.1 Å². The van der Waals surface area contributed by atoms with E-state index < -0.39 is 5.91 Å². The van der Waals surface area contributed by atoms with Crippen LogP contribution in [0.15, 0.2) is 53.6 Å². The number of hydrogen-bond donors (Lipinski definition) is 3. The smallest absolute Gasteiger partial charge is 0.260 e. The second kappa shape index (κ2) is 11.3. The van der Waals surface area contributed by atoms with E-state index in [4.69, 9.17) is 16.3 Å². The zero-order valence-electron chi connectivity index (χ0n) is 21.5. The number of aromatic nitrogens is 3. The molecular weight excluding hydrogens is 502 g/mol. The van der Waals surface area contributed by atoms with Crippen LogP contribution in [0.25, 0.3) is 22.0 Å². The van der Waals surface area contributed by atoms with Crippen molar-refractivity contribution in [3.63, 3.8) is 0 Å². The Morgan fingerprint density at radius 1 is 1.13 bits per heavy atom. The predicted molar refractivity (Wildman–Crippen MR) is 149 cm³/mol. The van der Waals surface area contributed by atoms with Gasteiger partial charge in [0.25, 0.3) is 11.5 Å². The Labute approximate surface area is 225 Å². The number of piperidine rings is 1. The summed E-state index contributed by atoms with van der Waals surface area (Å²) >= 11 is 6.50. The van der Waals surface area contributed by atoms with Gasteiger partial charge < -0.3 is 15.0 Å². The summed E-state index contributed by atoms with van der Waals surface area (Å²) in [6.45, 7) is 5.59. The van der Waals surface area contributed by atoms with E-state index in [9.17, 15) is 9.59 Å². The molecule has 1 fully saturated rings. The van der Waals surface area contributed by atoms with Gasteiger partial charge in [-0.1, -0.05) is 40.9 Å². The minimum atomic E-state index is -0.454. The van der Waals surface area contributed by atoms with Gasteiger partial charge in [0.1, 0.15) is 5.75 Å². The molecule has 38 heavy (non-hydrogen) atoms. The number of quaternary nitrogens is 1. The Balaban J connectivity index is 1.60. The number of nitrogens with two attached hydrogens (primary N) is 1. The molecule has 0 bridgehead atoms. The second-order valence-corrected chi connectivity index (χ2v) is 10.3. The molecule has 1 unspecified atom stereocenters. The van der Waals surface area contributed by atoms with Gasteiger partial charge >= 0.3 is 0 Å². The molecular formula is C29H31ClN5O3+. The van der Waals surface area contributed by atoms with Crippen LogP contribution in [0.1, 0.15) is 47.2 Å². The number of hydrogen-bond acceptors (Lipinski definition) is 5. The summed E-state index contributed by atoms with van der Waals surface area (Å²) in [7, 11) is 0. The highest BCUT2D eigenvalue weighted by Crippen LogP contribution is 2.36. The maximum atomic E-state index is 13.4. The number of anilines is 1. The highest BCUT2D eigenvalue weighted by Gasteiger charge is 2.22. The van der Waals surface area contributed by atoms with E-state index in [2.05, 4.69) is 31.7 Å². The van der Waals surface area contributed by atoms with E-state index >= 15 is 0 Å². The highest BCUT2D eigenvalue weighted by atomic mass is 35.5. The van der Waals surface area contributed by atoms with Gasteiger partial charge in [-0.3, -0.25) is 14.9 Å². The van der Waals surface area contributed by atoms with Gasteiger partial charge in [0.2, 0.25) is 5.95 Å². The molecule has 3 heterocycles. The Kier molecular flexibility index (Phi) is 7.72. The lowest BCUT2D eigenvalue weighted by molar-refractivity contribution is -0.698. The number of aromatic amines is 1. The van der Waals surface area contributed by atoms with Crippen molar-refractivity contribution >= 4 is 34.4 Å². The molecule has 1 amide bonds. The number of amides is 1. The van der Waals surface area contributed by atoms with Crippen LogP contribution in [-0.2, 0) is 0 Å². The molecule has 1 saturated heterocycles. The van der Waals surface area contributed by atoms with Gasteiger partial charge in [-0.25, -0.2) is 9.97 Å². The number of benzene rings is 2. The first-order valence-corrected chi connectivity index (χ1v) is 13.3. The standard InChI is InChI=1S/C29H30ClN5O3/c1-17-12-18(2)14-19(13-17)25-26(38-11-7-20-6-3-4-8-31-20)22-15-21(23(30)16-24(22)34-28(25)37)27(36)35-29-32-9-5-10-33-29/h5,9-10,12-16,20,31H,3-4,6-8,11H2,1-2H3,(H,34,37)(H,32,33,35,36)/p+1. The summed E-state index contributed by atoms with van der Waals surface area (Å²) in [5.41, 5.74) is 3.76. The van der Waals surface area contributed by atoms with Gasteiger partial charge in [-0.05, 0) is 56.9 Å². The summed E-state index contributed by atoms with van der Waals surface area (Å²) in [4.78, 5) is 37.6. The quantitative estimate of drug-likeness (QED) is 0.326. The molecule has 4 N–H and O–H groups in total. The molecule has 1 aliphatic heterocycles. The van der Waals surface area contributed by atoms with Crippen LogP contribution in [0.3, 0.4) is 0 Å². The number of halogens is 1. The third kappa shape index (κ3) is 5.71. The van der Waals surface area contributed by atoms with Crippen molar-refractivity contribution in [1.29, 1.82) is 0 Å². The topological polar surface area (TPSA) is 114 Å². The Bertz CT molecular complexity index is 1510. The predicted octanol–water partition coefficient (Wildman–Crippen LogP) is 4.39. The molecule has 1 aliphatic rings. The molecule has 2 aromatic carbocycles. The fourth-order valence-electron chi connectivity index (χ4n) is 5.12. The molecule has 8 nitrogen and oxygen atoms in total. The average Bonchev–Trinajstić information content (AvgIpc) is 2.89. The Morgan fingerprint density at radius 3 is 2.61 bits per heavy atom. The Hall–Kier alpha value is -3.75. The first kappa shape index (κ1) is 25.9. The second-order valence-electron chi connectivity index (χ2n) is 9.86. The van der Waals surface area contributed by atoms with Crippen molar-refractivity contribution < 1.29 is 14.8 Å². The number of aryl methyl sites for hydroxylation is 2. The van der Waals surface area contributed by atoms with Crippen molar-refractivity contribution in [2.24, 2.45) is 0 Å². The van der Waals surface area contributed by atoms with Crippen molar-refractivity contribution in [3.05, 3.63) is 80.9 Å². The van der Waals surface area contributed by atoms with Crippen molar-refractivity contribution in [3.8, 4) is 16.9 Å². The summed E-state index contributed by atoms with van der Waals surface area (Å²) < 4.78 is 6.42. The molecule has 2 aromatic heterocycles. The number of pyridine rings is 1. The van der Waals surface area contributed by atoms with E-state index in [1.165, 1.54) is 12.8 Å². The fraction of sp³-hybridized carbons (Fsp3) is 0.310. The molecule has 5 rings (SSSR count). The van der Waals surface area contributed by atoms with E-state index in [-0.39, 0.29) is 22.1 Å². The lowest BCUT2D eigenvalue weighted by atomic mass is 9.98. The first-order chi connectivity index (χ1) is 18.4. The molecule has 0 saturated carbocycles. The molecule has 9 heteroatoms. The fourth-order valence-corrected chi connectivity index (χ4v) is 5.37. The van der Waals surface area contributed by atoms with Crippen LogP contribution in [0.4, 0.5) is 5.95 Å². The number of carbonyl (C=O) groups is 1. The monoisotopic (exact) mass is 532 g/mol. The first-order valence-electron chi connectivity index (χ1n) is 12.9. The van der Waals surface area contributed by atoms with Crippen LogP contribution in [0.5, 0.6) is 5.75 Å². The van der Waals surface area contributed by atoms with Crippen molar-refractivity contribution in [2.75, 3.05) is 18.5 Å².